The lowest BCUT2D eigenvalue weighted by atomic mass is 10.2. The first-order valence-electron chi connectivity index (χ1n) is 10.6. The monoisotopic (exact) mass is 436 g/mol. The van der Waals surface area contributed by atoms with Gasteiger partial charge in [-0.15, -0.1) is 0 Å². The van der Waals surface area contributed by atoms with E-state index in [1.165, 1.54) is 0 Å². The predicted molar refractivity (Wildman–Crippen MR) is 125 cm³/mol. The number of ether oxygens (including phenoxy) is 3. The Kier molecular flexibility index (Phi) is 7.46. The van der Waals surface area contributed by atoms with E-state index in [1.807, 2.05) is 55.6 Å². The molecule has 2 aromatic carbocycles. The fourth-order valence-corrected chi connectivity index (χ4v) is 3.95. The van der Waals surface area contributed by atoms with Crippen LogP contribution in [0, 0.1) is 6.92 Å². The third-order valence-corrected chi connectivity index (χ3v) is 5.80. The van der Waals surface area contributed by atoms with Crippen LogP contribution < -0.4 is 9.47 Å². The third-order valence-electron chi connectivity index (χ3n) is 5.29. The highest BCUT2D eigenvalue weighted by atomic mass is 32.1. The van der Waals surface area contributed by atoms with Crippen LogP contribution in [0.1, 0.15) is 16.7 Å². The second kappa shape index (κ2) is 10.7. The summed E-state index contributed by atoms with van der Waals surface area (Å²) in [4.78, 5) is 6.80. The molecule has 0 saturated carbocycles. The van der Waals surface area contributed by atoms with Gasteiger partial charge in [-0.2, -0.15) is 12.6 Å². The van der Waals surface area contributed by atoms with Crippen LogP contribution >= 0.6 is 12.6 Å². The van der Waals surface area contributed by atoms with Gasteiger partial charge in [0, 0.05) is 25.4 Å². The Balaban J connectivity index is 1.31. The largest absolute Gasteiger partial charge is 0.489 e. The molecular formula is C25H28N2O3S. The minimum absolute atomic E-state index is 0.170. The smallest absolute Gasteiger partial charge is 0.219 e. The summed E-state index contributed by atoms with van der Waals surface area (Å²) >= 11 is 4.75. The highest BCUT2D eigenvalue weighted by molar-refractivity contribution is 7.80. The molecule has 0 amide bonds. The quantitative estimate of drug-likeness (QED) is 0.509. The molecule has 5 nitrogen and oxygen atoms in total. The van der Waals surface area contributed by atoms with Crippen molar-refractivity contribution in [2.45, 2.75) is 25.3 Å². The minimum Gasteiger partial charge on any atom is -0.489 e. The normalized spacial score (nSPS) is 15.4. The molecule has 1 saturated heterocycles. The molecule has 0 radical (unpaired) electrons. The van der Waals surface area contributed by atoms with Crippen molar-refractivity contribution in [3.63, 3.8) is 0 Å². The van der Waals surface area contributed by atoms with Gasteiger partial charge in [0.2, 0.25) is 5.88 Å². The van der Waals surface area contributed by atoms with Gasteiger partial charge in [0.05, 0.1) is 18.6 Å². The van der Waals surface area contributed by atoms with Crippen molar-refractivity contribution in [3.8, 4) is 17.4 Å². The molecule has 0 spiro atoms. The number of hydrogen-bond acceptors (Lipinski definition) is 6. The van der Waals surface area contributed by atoms with E-state index >= 15 is 0 Å². The van der Waals surface area contributed by atoms with Crippen LogP contribution in [0.5, 0.6) is 17.4 Å². The van der Waals surface area contributed by atoms with Crippen molar-refractivity contribution in [2.75, 3.05) is 26.3 Å². The lowest BCUT2D eigenvalue weighted by Crippen LogP contribution is -2.41. The van der Waals surface area contributed by atoms with E-state index in [2.05, 4.69) is 28.1 Å². The maximum Gasteiger partial charge on any atom is 0.219 e. The summed E-state index contributed by atoms with van der Waals surface area (Å²) in [5, 5.41) is 0.170. The van der Waals surface area contributed by atoms with Crippen molar-refractivity contribution in [3.05, 3.63) is 83.6 Å². The molecule has 3 aromatic rings. The van der Waals surface area contributed by atoms with Gasteiger partial charge in [-0.3, -0.25) is 4.90 Å². The van der Waals surface area contributed by atoms with E-state index in [1.54, 1.807) is 0 Å². The highest BCUT2D eigenvalue weighted by Gasteiger charge is 2.18. The molecular weight excluding hydrogens is 408 g/mol. The van der Waals surface area contributed by atoms with Crippen LogP contribution in [0.2, 0.25) is 0 Å². The van der Waals surface area contributed by atoms with Crippen molar-refractivity contribution in [1.82, 2.24) is 9.88 Å². The second-order valence-corrected chi connectivity index (χ2v) is 8.24. The molecule has 1 atom stereocenters. The molecule has 1 aliphatic rings. The topological polar surface area (TPSA) is 43.8 Å². The van der Waals surface area contributed by atoms with Gasteiger partial charge in [-0.1, -0.05) is 36.4 Å². The SMILES string of the molecule is Cc1cc(Oc2ccc(CC(S)N3CCOCC3)cn2)ccc1OCc1ccccc1. The molecule has 1 aromatic heterocycles. The summed E-state index contributed by atoms with van der Waals surface area (Å²) < 4.78 is 17.3. The second-order valence-electron chi connectivity index (χ2n) is 7.64. The highest BCUT2D eigenvalue weighted by Crippen LogP contribution is 2.27. The predicted octanol–water partition coefficient (Wildman–Crippen LogP) is 4.89. The number of hydrogen-bond donors (Lipinski definition) is 1. The zero-order valence-electron chi connectivity index (χ0n) is 17.7. The Morgan fingerprint density at radius 2 is 1.84 bits per heavy atom. The van der Waals surface area contributed by atoms with Gasteiger partial charge in [0.1, 0.15) is 18.1 Å². The number of thiol groups is 1. The van der Waals surface area contributed by atoms with Crippen LogP contribution in [0.15, 0.2) is 66.9 Å². The lowest BCUT2D eigenvalue weighted by Gasteiger charge is -2.31. The maximum atomic E-state index is 5.94. The number of pyridine rings is 1. The van der Waals surface area contributed by atoms with Crippen LogP contribution in [-0.4, -0.2) is 41.6 Å². The van der Waals surface area contributed by atoms with Gasteiger partial charge in [-0.25, -0.2) is 4.98 Å². The Morgan fingerprint density at radius 3 is 2.55 bits per heavy atom. The number of benzene rings is 2. The van der Waals surface area contributed by atoms with Crippen LogP contribution in [0.4, 0.5) is 0 Å². The molecule has 6 heteroatoms. The summed E-state index contributed by atoms with van der Waals surface area (Å²) in [6.45, 7) is 5.96. The molecule has 4 rings (SSSR count). The third kappa shape index (κ3) is 6.23. The number of morpholine rings is 1. The number of nitrogens with zero attached hydrogens (tertiary/aromatic N) is 2. The Bertz CT molecular complexity index is 960. The van der Waals surface area contributed by atoms with E-state index in [-0.39, 0.29) is 5.37 Å². The van der Waals surface area contributed by atoms with E-state index in [0.717, 1.165) is 60.9 Å². The summed E-state index contributed by atoms with van der Waals surface area (Å²) in [7, 11) is 0. The molecule has 1 aliphatic heterocycles. The first kappa shape index (κ1) is 21.7. The van der Waals surface area contributed by atoms with Gasteiger partial charge in [-0.05, 0) is 48.2 Å². The summed E-state index contributed by atoms with van der Waals surface area (Å²) in [5.74, 6) is 2.16. The lowest BCUT2D eigenvalue weighted by molar-refractivity contribution is 0.0330. The molecule has 1 unspecified atom stereocenters. The van der Waals surface area contributed by atoms with Crippen molar-refractivity contribution in [2.24, 2.45) is 0 Å². The number of aryl methyl sites for hydroxylation is 1. The van der Waals surface area contributed by atoms with Crippen molar-refractivity contribution >= 4 is 12.6 Å². The van der Waals surface area contributed by atoms with Gasteiger partial charge in [0.25, 0.3) is 0 Å². The minimum atomic E-state index is 0.170. The molecule has 0 bridgehead atoms. The van der Waals surface area contributed by atoms with Crippen molar-refractivity contribution < 1.29 is 14.2 Å². The number of aromatic nitrogens is 1. The van der Waals surface area contributed by atoms with Crippen LogP contribution in [0.25, 0.3) is 0 Å². The van der Waals surface area contributed by atoms with Crippen LogP contribution in [0.3, 0.4) is 0 Å². The van der Waals surface area contributed by atoms with E-state index in [0.29, 0.717) is 12.5 Å². The molecule has 0 aliphatic carbocycles. The fourth-order valence-electron chi connectivity index (χ4n) is 3.51. The Hall–Kier alpha value is -2.54. The Labute approximate surface area is 189 Å². The standard InChI is InChI=1S/C25H28N2O3S/c1-19-15-22(8-9-23(19)29-18-20-5-3-2-4-6-20)30-24-10-7-21(17-26-24)16-25(31)27-11-13-28-14-12-27/h2-10,15,17,25,31H,11-14,16,18H2,1H3. The molecule has 162 valence electrons. The fraction of sp³-hybridized carbons (Fsp3) is 0.320. The van der Waals surface area contributed by atoms with Crippen molar-refractivity contribution in [1.29, 1.82) is 0 Å². The van der Waals surface area contributed by atoms with Crippen LogP contribution in [-0.2, 0) is 17.8 Å². The zero-order valence-corrected chi connectivity index (χ0v) is 18.6. The van der Waals surface area contributed by atoms with Gasteiger partial charge >= 0.3 is 0 Å². The maximum absolute atomic E-state index is 5.94. The molecule has 31 heavy (non-hydrogen) atoms. The first-order valence-corrected chi connectivity index (χ1v) is 11.1. The zero-order chi connectivity index (χ0) is 21.5. The van der Waals surface area contributed by atoms with E-state index < -0.39 is 0 Å². The summed E-state index contributed by atoms with van der Waals surface area (Å²) in [6.07, 6.45) is 2.70. The van der Waals surface area contributed by atoms with E-state index in [4.69, 9.17) is 26.8 Å². The van der Waals surface area contributed by atoms with E-state index in [9.17, 15) is 0 Å². The average Bonchev–Trinajstić information content (AvgIpc) is 2.81. The number of rotatable bonds is 8. The molecule has 1 fully saturated rings. The molecule has 0 N–H and O–H groups in total. The summed E-state index contributed by atoms with van der Waals surface area (Å²) in [6, 6.07) is 19.9. The average molecular weight is 437 g/mol. The van der Waals surface area contributed by atoms with Gasteiger partial charge in [0.15, 0.2) is 0 Å². The summed E-state index contributed by atoms with van der Waals surface area (Å²) in [5.41, 5.74) is 3.30. The first-order chi connectivity index (χ1) is 15.2. The van der Waals surface area contributed by atoms with Gasteiger partial charge < -0.3 is 14.2 Å². The molecule has 2 heterocycles. The Morgan fingerprint density at radius 1 is 1.03 bits per heavy atom.